The van der Waals surface area contributed by atoms with E-state index in [-0.39, 0.29) is 18.0 Å². The van der Waals surface area contributed by atoms with E-state index in [4.69, 9.17) is 4.42 Å². The molecule has 1 saturated heterocycles. The Balaban J connectivity index is 1.83. The predicted octanol–water partition coefficient (Wildman–Crippen LogP) is 0.795. The second kappa shape index (κ2) is 4.79. The van der Waals surface area contributed by atoms with Crippen LogP contribution in [0.1, 0.15) is 10.6 Å². The van der Waals surface area contributed by atoms with Crippen molar-refractivity contribution in [3.8, 4) is 0 Å². The third-order valence-corrected chi connectivity index (χ3v) is 2.94. The molecule has 1 aliphatic heterocycles. The summed E-state index contributed by atoms with van der Waals surface area (Å²) in [6.45, 7) is 1.01. The van der Waals surface area contributed by atoms with Gasteiger partial charge in [0.2, 0.25) is 0 Å². The summed E-state index contributed by atoms with van der Waals surface area (Å²) in [6, 6.07) is 3.07. The molecule has 0 atom stereocenters. The SMILES string of the molecule is CNC(=O)NC1CN(C(=O)c2ccc(Br)o2)C1. The van der Waals surface area contributed by atoms with Crippen LogP contribution in [0.3, 0.4) is 0 Å². The fourth-order valence-corrected chi connectivity index (χ4v) is 1.88. The van der Waals surface area contributed by atoms with Gasteiger partial charge < -0.3 is 20.0 Å². The Morgan fingerprint density at radius 3 is 2.71 bits per heavy atom. The molecule has 1 aromatic rings. The molecule has 0 saturated carbocycles. The van der Waals surface area contributed by atoms with Gasteiger partial charge in [-0.2, -0.15) is 0 Å². The van der Waals surface area contributed by atoms with Gasteiger partial charge in [0.25, 0.3) is 5.91 Å². The van der Waals surface area contributed by atoms with E-state index in [0.29, 0.717) is 23.5 Å². The van der Waals surface area contributed by atoms with E-state index >= 15 is 0 Å². The Labute approximate surface area is 106 Å². The van der Waals surface area contributed by atoms with Gasteiger partial charge in [0, 0.05) is 20.1 Å². The Morgan fingerprint density at radius 2 is 2.18 bits per heavy atom. The second-order valence-electron chi connectivity index (χ2n) is 3.73. The minimum Gasteiger partial charge on any atom is -0.444 e. The van der Waals surface area contributed by atoms with Crippen molar-refractivity contribution in [1.29, 1.82) is 0 Å². The Bertz CT molecular complexity index is 440. The number of urea groups is 1. The van der Waals surface area contributed by atoms with Crippen LogP contribution in [0.2, 0.25) is 0 Å². The molecule has 3 amide bonds. The maximum Gasteiger partial charge on any atom is 0.314 e. The molecule has 17 heavy (non-hydrogen) atoms. The highest BCUT2D eigenvalue weighted by atomic mass is 79.9. The first-order chi connectivity index (χ1) is 8.10. The number of hydrogen-bond donors (Lipinski definition) is 2. The van der Waals surface area contributed by atoms with E-state index in [2.05, 4.69) is 26.6 Å². The molecule has 0 radical (unpaired) electrons. The summed E-state index contributed by atoms with van der Waals surface area (Å²) >= 11 is 3.14. The molecule has 0 unspecified atom stereocenters. The van der Waals surface area contributed by atoms with Gasteiger partial charge in [0.15, 0.2) is 10.4 Å². The van der Waals surface area contributed by atoms with Gasteiger partial charge >= 0.3 is 6.03 Å². The Kier molecular flexibility index (Phi) is 3.37. The first-order valence-corrected chi connectivity index (χ1v) is 5.92. The van der Waals surface area contributed by atoms with E-state index in [1.165, 1.54) is 0 Å². The maximum atomic E-state index is 11.8. The van der Waals surface area contributed by atoms with E-state index < -0.39 is 0 Å². The average Bonchev–Trinajstić information content (AvgIpc) is 2.68. The molecule has 92 valence electrons. The van der Waals surface area contributed by atoms with Crippen LogP contribution in [0.5, 0.6) is 0 Å². The zero-order valence-corrected chi connectivity index (χ0v) is 10.8. The largest absolute Gasteiger partial charge is 0.444 e. The van der Waals surface area contributed by atoms with E-state index in [1.807, 2.05) is 0 Å². The monoisotopic (exact) mass is 301 g/mol. The first-order valence-electron chi connectivity index (χ1n) is 5.13. The highest BCUT2D eigenvalue weighted by Gasteiger charge is 2.33. The van der Waals surface area contributed by atoms with Crippen molar-refractivity contribution < 1.29 is 14.0 Å². The molecule has 7 heteroatoms. The quantitative estimate of drug-likeness (QED) is 0.848. The summed E-state index contributed by atoms with van der Waals surface area (Å²) in [5, 5.41) is 5.19. The number of carbonyl (C=O) groups is 2. The summed E-state index contributed by atoms with van der Waals surface area (Å²) < 4.78 is 5.69. The van der Waals surface area contributed by atoms with E-state index in [9.17, 15) is 9.59 Å². The average molecular weight is 302 g/mol. The lowest BCUT2D eigenvalue weighted by atomic mass is 10.1. The van der Waals surface area contributed by atoms with Crippen molar-refractivity contribution >= 4 is 27.9 Å². The summed E-state index contributed by atoms with van der Waals surface area (Å²) in [5.41, 5.74) is 0. The predicted molar refractivity (Wildman–Crippen MR) is 63.7 cm³/mol. The van der Waals surface area contributed by atoms with Crippen LogP contribution < -0.4 is 10.6 Å². The molecular weight excluding hydrogens is 290 g/mol. The molecule has 0 bridgehead atoms. The molecule has 2 rings (SSSR count). The Morgan fingerprint density at radius 1 is 1.47 bits per heavy atom. The summed E-state index contributed by atoms with van der Waals surface area (Å²) in [6.07, 6.45) is 0. The van der Waals surface area contributed by atoms with E-state index in [1.54, 1.807) is 24.1 Å². The molecule has 2 N–H and O–H groups in total. The van der Waals surface area contributed by atoms with Crippen LogP contribution >= 0.6 is 15.9 Å². The minimum absolute atomic E-state index is 0.0114. The normalized spacial score (nSPS) is 15.3. The van der Waals surface area contributed by atoms with E-state index in [0.717, 1.165) is 0 Å². The zero-order valence-electron chi connectivity index (χ0n) is 9.20. The van der Waals surface area contributed by atoms with Crippen LogP contribution in [-0.4, -0.2) is 43.0 Å². The van der Waals surface area contributed by atoms with Gasteiger partial charge in [0.05, 0.1) is 6.04 Å². The maximum absolute atomic E-state index is 11.8. The van der Waals surface area contributed by atoms with Crippen LogP contribution in [-0.2, 0) is 0 Å². The third-order valence-electron chi connectivity index (χ3n) is 2.52. The van der Waals surface area contributed by atoms with Crippen LogP contribution in [0.4, 0.5) is 4.79 Å². The van der Waals surface area contributed by atoms with Gasteiger partial charge in [-0.25, -0.2) is 4.79 Å². The molecule has 1 fully saturated rings. The lowest BCUT2D eigenvalue weighted by Crippen LogP contribution is -2.61. The van der Waals surface area contributed by atoms with Crippen molar-refractivity contribution in [3.63, 3.8) is 0 Å². The highest BCUT2D eigenvalue weighted by Crippen LogP contribution is 2.18. The zero-order chi connectivity index (χ0) is 12.4. The molecular formula is C10H12BrN3O3. The van der Waals surface area contributed by atoms with Crippen molar-refractivity contribution in [2.24, 2.45) is 0 Å². The molecule has 0 spiro atoms. The van der Waals surface area contributed by atoms with Crippen LogP contribution in [0.15, 0.2) is 21.2 Å². The molecule has 1 aromatic heterocycles. The van der Waals surface area contributed by atoms with Crippen LogP contribution in [0.25, 0.3) is 0 Å². The summed E-state index contributed by atoms with van der Waals surface area (Å²) in [4.78, 5) is 24.5. The van der Waals surface area contributed by atoms with Crippen molar-refractivity contribution in [2.75, 3.05) is 20.1 Å². The lowest BCUT2D eigenvalue weighted by molar-refractivity contribution is 0.0544. The molecule has 0 aromatic carbocycles. The van der Waals surface area contributed by atoms with Gasteiger partial charge in [-0.15, -0.1) is 0 Å². The number of nitrogens with zero attached hydrogens (tertiary/aromatic N) is 1. The summed E-state index contributed by atoms with van der Waals surface area (Å²) in [7, 11) is 1.55. The second-order valence-corrected chi connectivity index (χ2v) is 4.52. The number of amides is 3. The standard InChI is InChI=1S/C10H12BrN3O3/c1-12-10(16)13-6-4-14(5-6)9(15)7-2-3-8(11)17-7/h2-3,6H,4-5H2,1H3,(H2,12,13,16). The molecule has 2 heterocycles. The number of halogens is 1. The van der Waals surface area contributed by atoms with Crippen LogP contribution in [0, 0.1) is 0 Å². The first kappa shape index (κ1) is 12.0. The number of furan rings is 1. The fourth-order valence-electron chi connectivity index (χ4n) is 1.58. The molecule has 6 nitrogen and oxygen atoms in total. The van der Waals surface area contributed by atoms with Gasteiger partial charge in [-0.3, -0.25) is 4.79 Å². The number of nitrogens with one attached hydrogen (secondary N) is 2. The number of hydrogen-bond acceptors (Lipinski definition) is 3. The van der Waals surface area contributed by atoms with Gasteiger partial charge in [-0.1, -0.05) is 0 Å². The Hall–Kier alpha value is -1.50. The van der Waals surface area contributed by atoms with Crippen molar-refractivity contribution in [1.82, 2.24) is 15.5 Å². The topological polar surface area (TPSA) is 74.6 Å². The highest BCUT2D eigenvalue weighted by molar-refractivity contribution is 9.10. The molecule has 0 aliphatic carbocycles. The third kappa shape index (κ3) is 2.60. The smallest absolute Gasteiger partial charge is 0.314 e. The van der Waals surface area contributed by atoms with Gasteiger partial charge in [-0.05, 0) is 28.1 Å². The number of likely N-dealkylation sites (tertiary alicyclic amines) is 1. The van der Waals surface area contributed by atoms with Gasteiger partial charge in [0.1, 0.15) is 0 Å². The number of carbonyl (C=O) groups excluding carboxylic acids is 2. The fraction of sp³-hybridized carbons (Fsp3) is 0.400. The van der Waals surface area contributed by atoms with Crippen molar-refractivity contribution in [2.45, 2.75) is 6.04 Å². The minimum atomic E-state index is -0.233. The lowest BCUT2D eigenvalue weighted by Gasteiger charge is -2.38. The number of rotatable bonds is 2. The summed E-state index contributed by atoms with van der Waals surface area (Å²) in [5.74, 6) is 0.140. The molecule has 1 aliphatic rings. The van der Waals surface area contributed by atoms with Crippen molar-refractivity contribution in [3.05, 3.63) is 22.6 Å².